The number of rotatable bonds is 4. The maximum absolute atomic E-state index is 12.2. The molecule has 1 N–H and O–H groups in total. The Bertz CT molecular complexity index is 664. The second-order valence-corrected chi connectivity index (χ2v) is 5.51. The SMILES string of the molecule is C#CCOc1ccc(Br)cc1/C=C1\NC(=S)N(CC)C1=O. The fourth-order valence-corrected chi connectivity index (χ4v) is 2.60. The van der Waals surface area contributed by atoms with Gasteiger partial charge < -0.3 is 10.1 Å². The molecule has 1 heterocycles. The molecular formula is C15H13BrN2O2S. The van der Waals surface area contributed by atoms with Gasteiger partial charge in [0.15, 0.2) is 5.11 Å². The van der Waals surface area contributed by atoms with Gasteiger partial charge in [0.25, 0.3) is 5.91 Å². The van der Waals surface area contributed by atoms with E-state index in [2.05, 4.69) is 27.2 Å². The Balaban J connectivity index is 2.36. The van der Waals surface area contributed by atoms with Crippen LogP contribution in [0.4, 0.5) is 0 Å². The van der Waals surface area contributed by atoms with Gasteiger partial charge in [-0.15, -0.1) is 6.42 Å². The van der Waals surface area contributed by atoms with Crippen LogP contribution in [0.5, 0.6) is 5.75 Å². The number of amides is 1. The standard InChI is InChI=1S/C15H13BrN2O2S/c1-3-7-20-13-6-5-11(16)8-10(13)9-12-14(19)18(4-2)15(21)17-12/h1,5-6,8-9H,4,7H2,2H3,(H,17,21)/b12-9-. The molecule has 1 aromatic carbocycles. The minimum atomic E-state index is -0.148. The Labute approximate surface area is 137 Å². The van der Waals surface area contributed by atoms with Crippen molar-refractivity contribution in [2.45, 2.75) is 6.92 Å². The summed E-state index contributed by atoms with van der Waals surface area (Å²) in [6.07, 6.45) is 6.92. The fourth-order valence-electron chi connectivity index (χ4n) is 1.90. The number of benzene rings is 1. The lowest BCUT2D eigenvalue weighted by Gasteiger charge is -2.09. The van der Waals surface area contributed by atoms with Gasteiger partial charge in [-0.1, -0.05) is 21.9 Å². The largest absolute Gasteiger partial charge is 0.480 e. The van der Waals surface area contributed by atoms with Crippen LogP contribution in [0.2, 0.25) is 0 Å². The third-order valence-corrected chi connectivity index (χ3v) is 3.68. The molecule has 1 fully saturated rings. The molecule has 1 aromatic rings. The molecule has 6 heteroatoms. The second-order valence-electron chi connectivity index (χ2n) is 4.21. The van der Waals surface area contributed by atoms with Gasteiger partial charge in [-0.05, 0) is 43.4 Å². The van der Waals surface area contributed by atoms with E-state index in [9.17, 15) is 4.79 Å². The van der Waals surface area contributed by atoms with Crippen molar-refractivity contribution in [1.82, 2.24) is 10.2 Å². The first-order valence-electron chi connectivity index (χ1n) is 6.27. The zero-order valence-corrected chi connectivity index (χ0v) is 13.8. The van der Waals surface area contributed by atoms with Crippen molar-refractivity contribution in [3.8, 4) is 18.1 Å². The zero-order chi connectivity index (χ0) is 15.4. The molecule has 1 amide bonds. The van der Waals surface area contributed by atoms with Crippen LogP contribution < -0.4 is 10.1 Å². The van der Waals surface area contributed by atoms with E-state index < -0.39 is 0 Å². The number of hydrogen-bond donors (Lipinski definition) is 1. The van der Waals surface area contributed by atoms with Crippen LogP contribution in [0.1, 0.15) is 12.5 Å². The van der Waals surface area contributed by atoms with Crippen LogP contribution in [-0.4, -0.2) is 29.1 Å². The van der Waals surface area contributed by atoms with Crippen molar-refractivity contribution >= 4 is 45.2 Å². The van der Waals surface area contributed by atoms with Crippen LogP contribution in [0.25, 0.3) is 6.08 Å². The quantitative estimate of drug-likeness (QED) is 0.506. The van der Waals surface area contributed by atoms with E-state index in [4.69, 9.17) is 23.4 Å². The zero-order valence-electron chi connectivity index (χ0n) is 11.4. The van der Waals surface area contributed by atoms with E-state index in [0.29, 0.717) is 23.1 Å². The molecule has 2 rings (SSSR count). The predicted molar refractivity (Wildman–Crippen MR) is 89.6 cm³/mol. The Kier molecular flexibility index (Phi) is 4.99. The first kappa shape index (κ1) is 15.5. The third kappa shape index (κ3) is 3.43. The Morgan fingerprint density at radius 1 is 1.57 bits per heavy atom. The lowest BCUT2D eigenvalue weighted by Crippen LogP contribution is -2.30. The maximum Gasteiger partial charge on any atom is 0.276 e. The predicted octanol–water partition coefficient (Wildman–Crippen LogP) is 2.54. The van der Waals surface area contributed by atoms with Crippen LogP contribution >= 0.6 is 28.1 Å². The molecule has 108 valence electrons. The van der Waals surface area contributed by atoms with Gasteiger partial charge in [-0.3, -0.25) is 9.69 Å². The number of halogens is 1. The number of nitrogens with one attached hydrogen (secondary N) is 1. The van der Waals surface area contributed by atoms with Crippen molar-refractivity contribution in [3.05, 3.63) is 33.9 Å². The smallest absolute Gasteiger partial charge is 0.276 e. The van der Waals surface area contributed by atoms with Crippen molar-refractivity contribution in [1.29, 1.82) is 0 Å². The Hall–Kier alpha value is -1.84. The lowest BCUT2D eigenvalue weighted by molar-refractivity contribution is -0.122. The molecule has 0 spiro atoms. The maximum atomic E-state index is 12.2. The van der Waals surface area contributed by atoms with Crippen molar-refractivity contribution < 1.29 is 9.53 Å². The van der Waals surface area contributed by atoms with Crippen LogP contribution in [0.3, 0.4) is 0 Å². The Morgan fingerprint density at radius 2 is 2.33 bits per heavy atom. The normalized spacial score (nSPS) is 16.0. The van der Waals surface area contributed by atoms with Gasteiger partial charge in [0.1, 0.15) is 18.1 Å². The average molecular weight is 365 g/mol. The van der Waals surface area contributed by atoms with Gasteiger partial charge in [-0.2, -0.15) is 0 Å². The molecule has 0 bridgehead atoms. The molecule has 1 saturated heterocycles. The van der Waals surface area contributed by atoms with Crippen molar-refractivity contribution in [2.75, 3.05) is 13.2 Å². The molecule has 0 atom stereocenters. The van der Waals surface area contributed by atoms with Gasteiger partial charge in [0.2, 0.25) is 0 Å². The van der Waals surface area contributed by atoms with E-state index >= 15 is 0 Å². The molecule has 0 unspecified atom stereocenters. The van der Waals surface area contributed by atoms with Gasteiger partial charge in [0.05, 0.1) is 0 Å². The highest BCUT2D eigenvalue weighted by Gasteiger charge is 2.29. The number of thiocarbonyl (C=S) groups is 1. The van der Waals surface area contributed by atoms with Gasteiger partial charge in [0, 0.05) is 16.6 Å². The van der Waals surface area contributed by atoms with Gasteiger partial charge in [-0.25, -0.2) is 0 Å². The summed E-state index contributed by atoms with van der Waals surface area (Å²) >= 11 is 8.52. The summed E-state index contributed by atoms with van der Waals surface area (Å²) in [5, 5.41) is 3.33. The summed E-state index contributed by atoms with van der Waals surface area (Å²) in [5.74, 6) is 2.88. The number of terminal acetylenes is 1. The van der Waals surface area contributed by atoms with Crippen molar-refractivity contribution in [3.63, 3.8) is 0 Å². The molecule has 1 aliphatic rings. The van der Waals surface area contributed by atoms with E-state index in [1.54, 1.807) is 12.1 Å². The van der Waals surface area contributed by atoms with Crippen LogP contribution in [-0.2, 0) is 4.79 Å². The highest BCUT2D eigenvalue weighted by Crippen LogP contribution is 2.26. The summed E-state index contributed by atoms with van der Waals surface area (Å²) in [6.45, 7) is 2.56. The minimum Gasteiger partial charge on any atom is -0.480 e. The lowest BCUT2D eigenvalue weighted by atomic mass is 10.1. The summed E-state index contributed by atoms with van der Waals surface area (Å²) in [6, 6.07) is 5.50. The highest BCUT2D eigenvalue weighted by molar-refractivity contribution is 9.10. The second kappa shape index (κ2) is 6.74. The van der Waals surface area contributed by atoms with E-state index in [0.717, 1.165) is 10.0 Å². The molecule has 0 saturated carbocycles. The average Bonchev–Trinajstić information content (AvgIpc) is 2.72. The Morgan fingerprint density at radius 3 is 2.95 bits per heavy atom. The fraction of sp³-hybridized carbons (Fsp3) is 0.200. The number of ether oxygens (including phenoxy) is 1. The monoisotopic (exact) mass is 364 g/mol. The molecule has 0 aromatic heterocycles. The van der Waals surface area contributed by atoms with Crippen LogP contribution in [0.15, 0.2) is 28.4 Å². The highest BCUT2D eigenvalue weighted by atomic mass is 79.9. The molecule has 1 aliphatic heterocycles. The first-order chi connectivity index (χ1) is 10.1. The molecule has 4 nitrogen and oxygen atoms in total. The molecular weight excluding hydrogens is 352 g/mol. The first-order valence-corrected chi connectivity index (χ1v) is 7.47. The summed E-state index contributed by atoms with van der Waals surface area (Å²) in [5.41, 5.74) is 1.17. The topological polar surface area (TPSA) is 41.6 Å². The molecule has 0 aliphatic carbocycles. The van der Waals surface area contributed by atoms with Gasteiger partial charge >= 0.3 is 0 Å². The van der Waals surface area contributed by atoms with E-state index in [-0.39, 0.29) is 12.5 Å². The minimum absolute atomic E-state index is 0.148. The molecule has 21 heavy (non-hydrogen) atoms. The number of hydrogen-bond acceptors (Lipinski definition) is 3. The number of carbonyl (C=O) groups is 1. The van der Waals surface area contributed by atoms with Crippen molar-refractivity contribution in [2.24, 2.45) is 0 Å². The van der Waals surface area contributed by atoms with Crippen LogP contribution in [0, 0.1) is 12.3 Å². The number of carbonyl (C=O) groups excluding carboxylic acids is 1. The van der Waals surface area contributed by atoms with E-state index in [1.165, 1.54) is 4.90 Å². The number of nitrogens with zero attached hydrogens (tertiary/aromatic N) is 1. The summed E-state index contributed by atoms with van der Waals surface area (Å²) in [7, 11) is 0. The van der Waals surface area contributed by atoms with E-state index in [1.807, 2.05) is 19.1 Å². The summed E-state index contributed by atoms with van der Waals surface area (Å²) in [4.78, 5) is 13.7. The molecule has 0 radical (unpaired) electrons. The summed E-state index contributed by atoms with van der Waals surface area (Å²) < 4.78 is 6.36. The third-order valence-electron chi connectivity index (χ3n) is 2.86. The number of likely N-dealkylation sites (N-methyl/N-ethyl adjacent to an activating group) is 1.